The van der Waals surface area contributed by atoms with Gasteiger partial charge in [0.1, 0.15) is 5.69 Å². The van der Waals surface area contributed by atoms with Crippen molar-refractivity contribution in [2.24, 2.45) is 0 Å². The Kier molecular flexibility index (Phi) is 2.68. The van der Waals surface area contributed by atoms with E-state index in [0.717, 1.165) is 22.5 Å². The Morgan fingerprint density at radius 1 is 1.25 bits per heavy atom. The van der Waals surface area contributed by atoms with Crippen LogP contribution >= 0.6 is 0 Å². The molecule has 20 heavy (non-hydrogen) atoms. The van der Waals surface area contributed by atoms with Crippen LogP contribution in [-0.4, -0.2) is 34.7 Å². The summed E-state index contributed by atoms with van der Waals surface area (Å²) >= 11 is 0. The number of benzene rings is 1. The molecular weight excluding hydrogens is 276 g/mol. The lowest BCUT2D eigenvalue weighted by atomic mass is 10.1. The molecule has 0 unspecified atom stereocenters. The highest BCUT2D eigenvalue weighted by Crippen LogP contribution is 2.29. The summed E-state index contributed by atoms with van der Waals surface area (Å²) in [5, 5.41) is 9.16. The quantitative estimate of drug-likeness (QED) is 0.780. The van der Waals surface area contributed by atoms with Gasteiger partial charge in [0, 0.05) is 17.8 Å². The van der Waals surface area contributed by atoms with Crippen molar-refractivity contribution in [3.05, 3.63) is 35.8 Å². The van der Waals surface area contributed by atoms with Gasteiger partial charge in [0.15, 0.2) is 9.84 Å². The van der Waals surface area contributed by atoms with Crippen molar-refractivity contribution in [2.75, 3.05) is 6.26 Å². The Morgan fingerprint density at radius 3 is 2.60 bits per heavy atom. The smallest absolute Gasteiger partial charge is 0.177 e. The number of nitrogens with one attached hydrogen (secondary N) is 1. The number of nitrogens with zero attached hydrogens (tertiary/aromatic N) is 3. The first kappa shape index (κ1) is 12.9. The molecule has 104 valence electrons. The summed E-state index contributed by atoms with van der Waals surface area (Å²) in [5.74, 6) is 0. The molecule has 0 amide bonds. The van der Waals surface area contributed by atoms with Crippen LogP contribution in [0.4, 0.5) is 0 Å². The van der Waals surface area contributed by atoms with E-state index < -0.39 is 9.84 Å². The second kappa shape index (κ2) is 4.17. The predicted octanol–water partition coefficient (Wildman–Crippen LogP) is 1.77. The summed E-state index contributed by atoms with van der Waals surface area (Å²) in [7, 11) is -3.27. The Hall–Kier alpha value is -2.15. The van der Waals surface area contributed by atoms with Crippen molar-refractivity contribution in [1.29, 1.82) is 0 Å². The third-order valence-corrected chi connectivity index (χ3v) is 4.34. The number of fused-ring (bicyclic) bond motifs is 1. The number of aryl methyl sites for hydroxylation is 2. The highest BCUT2D eigenvalue weighted by atomic mass is 32.2. The summed E-state index contributed by atoms with van der Waals surface area (Å²) in [5.41, 5.74) is 3.26. The molecule has 0 fully saturated rings. The van der Waals surface area contributed by atoms with Gasteiger partial charge >= 0.3 is 0 Å². The minimum absolute atomic E-state index is 0.289. The van der Waals surface area contributed by atoms with Crippen LogP contribution in [0.1, 0.15) is 11.3 Å². The van der Waals surface area contributed by atoms with Gasteiger partial charge < -0.3 is 4.98 Å². The molecule has 0 bridgehead atoms. The van der Waals surface area contributed by atoms with E-state index in [4.69, 9.17) is 0 Å². The zero-order valence-electron chi connectivity index (χ0n) is 11.4. The van der Waals surface area contributed by atoms with Crippen LogP contribution in [0.2, 0.25) is 0 Å². The van der Waals surface area contributed by atoms with E-state index in [1.54, 1.807) is 12.3 Å². The van der Waals surface area contributed by atoms with Crippen LogP contribution in [0.5, 0.6) is 0 Å². The van der Waals surface area contributed by atoms with Crippen LogP contribution in [0, 0.1) is 13.8 Å². The molecule has 0 aliphatic carbocycles. The van der Waals surface area contributed by atoms with Gasteiger partial charge in [-0.2, -0.15) is 10.2 Å². The van der Waals surface area contributed by atoms with Crippen LogP contribution in [0.3, 0.4) is 0 Å². The molecule has 0 saturated carbocycles. The Balaban J connectivity index is 2.38. The van der Waals surface area contributed by atoms with E-state index in [-0.39, 0.29) is 4.90 Å². The van der Waals surface area contributed by atoms with E-state index >= 15 is 0 Å². The van der Waals surface area contributed by atoms with Crippen molar-refractivity contribution in [3.8, 4) is 5.69 Å². The summed E-state index contributed by atoms with van der Waals surface area (Å²) in [6.07, 6.45) is 4.38. The molecule has 3 aromatic rings. The third-order valence-electron chi connectivity index (χ3n) is 3.20. The molecule has 6 nitrogen and oxygen atoms in total. The van der Waals surface area contributed by atoms with E-state index in [2.05, 4.69) is 15.2 Å². The van der Waals surface area contributed by atoms with Gasteiger partial charge in [0.05, 0.1) is 22.3 Å². The van der Waals surface area contributed by atoms with E-state index in [1.807, 2.05) is 19.9 Å². The fraction of sp³-hybridized carbons (Fsp3) is 0.231. The molecule has 0 aliphatic heterocycles. The third kappa shape index (κ3) is 1.90. The monoisotopic (exact) mass is 290 g/mol. The highest BCUT2D eigenvalue weighted by Gasteiger charge is 2.18. The normalized spacial score (nSPS) is 12.2. The molecule has 1 aromatic carbocycles. The molecule has 1 N–H and O–H groups in total. The van der Waals surface area contributed by atoms with Crippen LogP contribution in [0.25, 0.3) is 16.6 Å². The second-order valence-electron chi connectivity index (χ2n) is 4.85. The summed E-state index contributed by atoms with van der Waals surface area (Å²) in [6.45, 7) is 3.80. The largest absolute Gasteiger partial charge is 0.358 e. The van der Waals surface area contributed by atoms with Crippen LogP contribution in [-0.2, 0) is 9.84 Å². The van der Waals surface area contributed by atoms with Crippen LogP contribution < -0.4 is 0 Å². The number of aromatic amines is 1. The van der Waals surface area contributed by atoms with E-state index in [1.165, 1.54) is 17.2 Å². The van der Waals surface area contributed by atoms with Gasteiger partial charge in [0.2, 0.25) is 0 Å². The van der Waals surface area contributed by atoms with Crippen molar-refractivity contribution >= 4 is 20.7 Å². The maximum atomic E-state index is 11.8. The molecule has 2 heterocycles. The van der Waals surface area contributed by atoms with E-state index in [9.17, 15) is 8.42 Å². The molecule has 0 spiro atoms. The van der Waals surface area contributed by atoms with Crippen molar-refractivity contribution in [3.63, 3.8) is 0 Å². The van der Waals surface area contributed by atoms with Crippen molar-refractivity contribution in [2.45, 2.75) is 18.7 Å². The maximum absolute atomic E-state index is 11.8. The van der Waals surface area contributed by atoms with Gasteiger partial charge in [-0.15, -0.1) is 4.80 Å². The van der Waals surface area contributed by atoms with Gasteiger partial charge in [-0.25, -0.2) is 8.42 Å². The standard InChI is InChI=1S/C13H14N4O2S/c1-8-4-5-10-11(20(3,18)19)7-14-12(10)13(8)17-15-6-9(2)16-17/h4-7,14H,1-3H3. The minimum atomic E-state index is -3.27. The summed E-state index contributed by atoms with van der Waals surface area (Å²) in [6, 6.07) is 3.68. The predicted molar refractivity (Wildman–Crippen MR) is 75.8 cm³/mol. The number of hydrogen-bond acceptors (Lipinski definition) is 4. The van der Waals surface area contributed by atoms with Crippen molar-refractivity contribution in [1.82, 2.24) is 20.0 Å². The second-order valence-corrected chi connectivity index (χ2v) is 6.84. The number of rotatable bonds is 2. The first-order valence-electron chi connectivity index (χ1n) is 6.08. The fourth-order valence-corrected chi connectivity index (χ4v) is 3.12. The summed E-state index contributed by atoms with van der Waals surface area (Å²) in [4.78, 5) is 4.84. The molecule has 0 atom stereocenters. The number of sulfone groups is 1. The topological polar surface area (TPSA) is 80.6 Å². The van der Waals surface area contributed by atoms with Crippen molar-refractivity contribution < 1.29 is 8.42 Å². The number of aromatic nitrogens is 4. The number of H-pyrrole nitrogens is 1. The Morgan fingerprint density at radius 2 is 2.00 bits per heavy atom. The average Bonchev–Trinajstić information content (AvgIpc) is 2.94. The molecular formula is C13H14N4O2S. The zero-order chi connectivity index (χ0) is 14.5. The first-order valence-corrected chi connectivity index (χ1v) is 7.97. The summed E-state index contributed by atoms with van der Waals surface area (Å²) < 4.78 is 23.6. The molecule has 2 aromatic heterocycles. The molecule has 0 radical (unpaired) electrons. The SMILES string of the molecule is Cc1cnn(-c2c(C)ccc3c(S(C)(=O)=O)c[nH]c23)n1. The molecule has 7 heteroatoms. The van der Waals surface area contributed by atoms with E-state index in [0.29, 0.717) is 5.39 Å². The van der Waals surface area contributed by atoms with Gasteiger partial charge in [-0.3, -0.25) is 0 Å². The average molecular weight is 290 g/mol. The van der Waals surface area contributed by atoms with Crippen LogP contribution in [0.15, 0.2) is 29.4 Å². The molecule has 0 aliphatic rings. The first-order chi connectivity index (χ1) is 9.38. The highest BCUT2D eigenvalue weighted by molar-refractivity contribution is 7.91. The molecule has 0 saturated heterocycles. The lowest BCUT2D eigenvalue weighted by molar-refractivity contribution is 0.602. The lowest BCUT2D eigenvalue weighted by Crippen LogP contribution is -2.03. The van der Waals surface area contributed by atoms with Gasteiger partial charge in [0.25, 0.3) is 0 Å². The van der Waals surface area contributed by atoms with Gasteiger partial charge in [-0.1, -0.05) is 12.1 Å². The fourth-order valence-electron chi connectivity index (χ4n) is 2.27. The Labute approximate surface area is 116 Å². The minimum Gasteiger partial charge on any atom is -0.358 e. The maximum Gasteiger partial charge on any atom is 0.177 e. The number of hydrogen-bond donors (Lipinski definition) is 1. The Bertz CT molecular complexity index is 906. The van der Waals surface area contributed by atoms with Gasteiger partial charge in [-0.05, 0) is 19.4 Å². The zero-order valence-corrected chi connectivity index (χ0v) is 12.2. The molecule has 3 rings (SSSR count). The lowest BCUT2D eigenvalue weighted by Gasteiger charge is -2.06.